The van der Waals surface area contributed by atoms with Crippen LogP contribution in [-0.2, 0) is 4.74 Å². The molecule has 6 heteroatoms. The highest BCUT2D eigenvalue weighted by Gasteiger charge is 2.18. The molecule has 0 radical (unpaired) electrons. The van der Waals surface area contributed by atoms with E-state index in [9.17, 15) is 14.0 Å². The van der Waals surface area contributed by atoms with Crippen molar-refractivity contribution in [3.8, 4) is 11.3 Å². The predicted molar refractivity (Wildman–Crippen MR) is 118 cm³/mol. The zero-order valence-corrected chi connectivity index (χ0v) is 17.3. The molecule has 4 nitrogen and oxygen atoms in total. The van der Waals surface area contributed by atoms with E-state index in [1.807, 2.05) is 31.2 Å². The number of ketones is 1. The van der Waals surface area contributed by atoms with Gasteiger partial charge in [-0.05, 0) is 43.3 Å². The summed E-state index contributed by atoms with van der Waals surface area (Å²) in [4.78, 5) is 29.8. The lowest BCUT2D eigenvalue weighted by atomic mass is 10.0. The van der Waals surface area contributed by atoms with E-state index in [0.717, 1.165) is 11.1 Å². The molecule has 3 aromatic carbocycles. The molecule has 0 aliphatic carbocycles. The van der Waals surface area contributed by atoms with E-state index in [0.29, 0.717) is 21.6 Å². The summed E-state index contributed by atoms with van der Waals surface area (Å²) >= 11 is 6.34. The Labute approximate surface area is 183 Å². The zero-order chi connectivity index (χ0) is 22.0. The molecular formula is C25H17ClFNO3. The average molecular weight is 434 g/mol. The predicted octanol–water partition coefficient (Wildman–Crippen LogP) is 6.04. The van der Waals surface area contributed by atoms with E-state index in [4.69, 9.17) is 16.3 Å². The first-order chi connectivity index (χ1) is 14.9. The molecule has 0 unspecified atom stereocenters. The molecule has 0 bridgehead atoms. The lowest BCUT2D eigenvalue weighted by Crippen LogP contribution is -2.15. The Kier molecular flexibility index (Phi) is 5.78. The van der Waals surface area contributed by atoms with E-state index in [1.165, 1.54) is 24.3 Å². The Morgan fingerprint density at radius 3 is 2.42 bits per heavy atom. The third kappa shape index (κ3) is 4.47. The lowest BCUT2D eigenvalue weighted by Gasteiger charge is -2.11. The van der Waals surface area contributed by atoms with Crippen LogP contribution in [0.4, 0.5) is 4.39 Å². The van der Waals surface area contributed by atoms with Gasteiger partial charge in [0.15, 0.2) is 12.4 Å². The summed E-state index contributed by atoms with van der Waals surface area (Å²) in [6.07, 6.45) is 0. The summed E-state index contributed by atoms with van der Waals surface area (Å²) in [5, 5.41) is 0.936. The Bertz CT molecular complexity index is 1280. The number of aromatic nitrogens is 1. The number of aryl methyl sites for hydroxylation is 1. The Morgan fingerprint density at radius 2 is 1.71 bits per heavy atom. The van der Waals surface area contributed by atoms with E-state index in [1.54, 1.807) is 24.3 Å². The topological polar surface area (TPSA) is 56.3 Å². The molecule has 0 saturated heterocycles. The number of benzene rings is 3. The van der Waals surface area contributed by atoms with Crippen molar-refractivity contribution in [1.29, 1.82) is 0 Å². The van der Waals surface area contributed by atoms with Crippen molar-refractivity contribution in [2.75, 3.05) is 6.61 Å². The summed E-state index contributed by atoms with van der Waals surface area (Å²) in [5.74, 6) is -1.54. The first-order valence-electron chi connectivity index (χ1n) is 9.54. The SMILES string of the molecule is Cc1ccc(-c2cc(C(=O)OCC(=O)c3ccc(F)cc3)c3cccc(Cl)c3n2)cc1. The fourth-order valence-corrected chi connectivity index (χ4v) is 3.40. The largest absolute Gasteiger partial charge is 0.454 e. The number of carbonyl (C=O) groups is 2. The molecule has 154 valence electrons. The number of rotatable bonds is 5. The second-order valence-electron chi connectivity index (χ2n) is 7.06. The fourth-order valence-electron chi connectivity index (χ4n) is 3.18. The highest BCUT2D eigenvalue weighted by Crippen LogP contribution is 2.29. The molecule has 4 aromatic rings. The number of hydrogen-bond acceptors (Lipinski definition) is 4. The lowest BCUT2D eigenvalue weighted by molar-refractivity contribution is 0.0476. The molecule has 0 atom stereocenters. The number of Topliss-reactive ketones (excluding diaryl/α,β-unsaturated/α-hetero) is 1. The molecule has 0 saturated carbocycles. The zero-order valence-electron chi connectivity index (χ0n) is 16.6. The van der Waals surface area contributed by atoms with Gasteiger partial charge in [0.1, 0.15) is 5.82 Å². The Morgan fingerprint density at radius 1 is 1.00 bits per heavy atom. The Hall–Kier alpha value is -3.57. The van der Waals surface area contributed by atoms with E-state index < -0.39 is 24.2 Å². The second-order valence-corrected chi connectivity index (χ2v) is 7.47. The van der Waals surface area contributed by atoms with Crippen molar-refractivity contribution in [1.82, 2.24) is 4.98 Å². The van der Waals surface area contributed by atoms with Crippen LogP contribution in [0.2, 0.25) is 5.02 Å². The van der Waals surface area contributed by atoms with Crippen molar-refractivity contribution in [3.05, 3.63) is 100 Å². The molecule has 0 aliphatic heterocycles. The standard InChI is InChI=1S/C25H17ClFNO3/c1-15-5-7-16(8-6-15)22-13-20(19-3-2-4-21(26)24(19)28-22)25(30)31-14-23(29)17-9-11-18(27)12-10-17/h2-13H,14H2,1H3. The van der Waals surface area contributed by atoms with Crippen LogP contribution in [0.3, 0.4) is 0 Å². The first-order valence-corrected chi connectivity index (χ1v) is 9.92. The van der Waals surface area contributed by atoms with Gasteiger partial charge in [-0.15, -0.1) is 0 Å². The number of carbonyl (C=O) groups excluding carboxylic acids is 2. The van der Waals surface area contributed by atoms with Gasteiger partial charge in [-0.25, -0.2) is 14.2 Å². The van der Waals surface area contributed by atoms with E-state index in [-0.39, 0.29) is 11.1 Å². The van der Waals surface area contributed by atoms with Crippen molar-refractivity contribution in [2.45, 2.75) is 6.92 Å². The van der Waals surface area contributed by atoms with Gasteiger partial charge in [-0.3, -0.25) is 4.79 Å². The van der Waals surface area contributed by atoms with Gasteiger partial charge in [-0.2, -0.15) is 0 Å². The second kappa shape index (κ2) is 8.66. The molecule has 0 fully saturated rings. The van der Waals surface area contributed by atoms with Gasteiger partial charge in [0.05, 0.1) is 21.8 Å². The molecule has 1 aromatic heterocycles. The smallest absolute Gasteiger partial charge is 0.339 e. The molecule has 31 heavy (non-hydrogen) atoms. The van der Waals surface area contributed by atoms with Crippen molar-refractivity contribution >= 4 is 34.3 Å². The van der Waals surface area contributed by atoms with Crippen molar-refractivity contribution < 1.29 is 18.7 Å². The summed E-state index contributed by atoms with van der Waals surface area (Å²) in [6, 6.07) is 19.6. The molecule has 0 N–H and O–H groups in total. The third-order valence-corrected chi connectivity index (χ3v) is 5.16. The molecule has 0 amide bonds. The number of esters is 1. The highest BCUT2D eigenvalue weighted by atomic mass is 35.5. The maximum atomic E-state index is 13.1. The minimum absolute atomic E-state index is 0.259. The molecule has 1 heterocycles. The van der Waals surface area contributed by atoms with Crippen LogP contribution < -0.4 is 0 Å². The number of hydrogen-bond donors (Lipinski definition) is 0. The number of ether oxygens (including phenoxy) is 1. The van der Waals surface area contributed by atoms with Crippen LogP contribution in [0, 0.1) is 12.7 Å². The van der Waals surface area contributed by atoms with Gasteiger partial charge in [-0.1, -0.05) is 53.6 Å². The van der Waals surface area contributed by atoms with Crippen LogP contribution in [0.15, 0.2) is 72.8 Å². The number of nitrogens with zero attached hydrogens (tertiary/aromatic N) is 1. The first kappa shape index (κ1) is 20.7. The molecule has 4 rings (SSSR count). The molecule has 0 aliphatic rings. The van der Waals surface area contributed by atoms with Gasteiger partial charge in [0, 0.05) is 16.5 Å². The maximum absolute atomic E-state index is 13.1. The normalized spacial score (nSPS) is 10.8. The number of pyridine rings is 1. The van der Waals surface area contributed by atoms with Crippen molar-refractivity contribution in [3.63, 3.8) is 0 Å². The maximum Gasteiger partial charge on any atom is 0.339 e. The van der Waals surface area contributed by atoms with Crippen LogP contribution in [0.5, 0.6) is 0 Å². The fraction of sp³-hybridized carbons (Fsp3) is 0.0800. The minimum Gasteiger partial charge on any atom is -0.454 e. The average Bonchev–Trinajstić information content (AvgIpc) is 2.78. The summed E-state index contributed by atoms with van der Waals surface area (Å²) in [5.41, 5.74) is 3.48. The number of halogens is 2. The van der Waals surface area contributed by atoms with Crippen LogP contribution in [0.1, 0.15) is 26.3 Å². The molecular weight excluding hydrogens is 417 g/mol. The summed E-state index contributed by atoms with van der Waals surface area (Å²) < 4.78 is 18.3. The monoisotopic (exact) mass is 433 g/mol. The van der Waals surface area contributed by atoms with E-state index >= 15 is 0 Å². The van der Waals surface area contributed by atoms with Crippen LogP contribution >= 0.6 is 11.6 Å². The van der Waals surface area contributed by atoms with Gasteiger partial charge in [0.2, 0.25) is 0 Å². The van der Waals surface area contributed by atoms with Gasteiger partial charge >= 0.3 is 5.97 Å². The Balaban J connectivity index is 1.67. The van der Waals surface area contributed by atoms with Crippen LogP contribution in [0.25, 0.3) is 22.2 Å². The van der Waals surface area contributed by atoms with Gasteiger partial charge < -0.3 is 4.74 Å². The van der Waals surface area contributed by atoms with E-state index in [2.05, 4.69) is 4.98 Å². The minimum atomic E-state index is -0.668. The number of para-hydroxylation sites is 1. The summed E-state index contributed by atoms with van der Waals surface area (Å²) in [7, 11) is 0. The highest BCUT2D eigenvalue weighted by molar-refractivity contribution is 6.35. The quantitative estimate of drug-likeness (QED) is 0.284. The van der Waals surface area contributed by atoms with Gasteiger partial charge in [0.25, 0.3) is 0 Å². The summed E-state index contributed by atoms with van der Waals surface area (Å²) in [6.45, 7) is 1.52. The number of fused-ring (bicyclic) bond motifs is 1. The third-order valence-electron chi connectivity index (χ3n) is 4.86. The van der Waals surface area contributed by atoms with Crippen LogP contribution in [-0.4, -0.2) is 23.3 Å². The molecule has 0 spiro atoms. The van der Waals surface area contributed by atoms with Crippen molar-refractivity contribution in [2.24, 2.45) is 0 Å².